The molecule has 0 saturated carbocycles. The molecule has 0 fully saturated rings. The zero-order valence-corrected chi connectivity index (χ0v) is 64.8. The highest BCUT2D eigenvalue weighted by molar-refractivity contribution is 7.47. The molecule has 0 amide bonds. The first kappa shape index (κ1) is 94.1. The average molecular weight is 1410 g/mol. The number of esters is 4. The number of phosphoric ester groups is 2. The van der Waals surface area contributed by atoms with Crippen LogP contribution >= 0.6 is 15.6 Å². The van der Waals surface area contributed by atoms with E-state index in [1.807, 2.05) is 0 Å². The number of hydrogen-bond acceptors (Lipinski definition) is 15. The van der Waals surface area contributed by atoms with Gasteiger partial charge in [0, 0.05) is 25.7 Å². The van der Waals surface area contributed by atoms with Crippen molar-refractivity contribution >= 4 is 39.5 Å². The van der Waals surface area contributed by atoms with E-state index in [9.17, 15) is 43.2 Å². The largest absolute Gasteiger partial charge is 0.472 e. The monoisotopic (exact) mass is 1410 g/mol. The van der Waals surface area contributed by atoms with E-state index >= 15 is 0 Å². The quantitative estimate of drug-likeness (QED) is 0.0222. The highest BCUT2D eigenvalue weighted by Crippen LogP contribution is 2.45. The highest BCUT2D eigenvalue weighted by atomic mass is 31.2. The van der Waals surface area contributed by atoms with Gasteiger partial charge in [0.05, 0.1) is 26.4 Å². The standard InChI is InChI=1S/C77H150O17P2/c1-67(2)53-45-37-29-23-17-15-13-11-9-10-12-14-16-18-26-32-41-49-57-74(79)87-63-72(93-76(81)59-51-43-33-27-21-19-24-30-38-46-54-68(3)4)65-91-95(83,84)89-61-71(78)62-90-96(85,86)92-66-73(64-88-75(80)58-50-42-36-35-40-48-56-70(7)8)94-77(82)60-52-44-34-28-22-20-25-31-39-47-55-69(5)6/h67-73,78H,9-66H2,1-8H3,(H,83,84)(H,85,86)/t71-,72-,73-/m1/s1. The van der Waals surface area contributed by atoms with E-state index in [-0.39, 0.29) is 25.7 Å². The van der Waals surface area contributed by atoms with Crippen molar-refractivity contribution in [3.63, 3.8) is 0 Å². The van der Waals surface area contributed by atoms with Gasteiger partial charge < -0.3 is 33.8 Å². The molecule has 0 aliphatic rings. The van der Waals surface area contributed by atoms with Crippen LogP contribution in [0.1, 0.15) is 389 Å². The molecule has 0 aromatic heterocycles. The SMILES string of the molecule is CC(C)CCCCCCCCCCCCCCCCCCCCC(=O)OC[C@H](COP(=O)(O)OC[C@@H](O)COP(=O)(O)OC[C@@H](COC(=O)CCCCCCCCC(C)C)OC(=O)CCCCCCCCCCCCC(C)C)OC(=O)CCCCCCCCCCCCC(C)C. The molecular weight excluding hydrogens is 1260 g/mol. The van der Waals surface area contributed by atoms with Crippen molar-refractivity contribution < 1.29 is 80.2 Å². The molecule has 0 bridgehead atoms. The summed E-state index contributed by atoms with van der Waals surface area (Å²) in [5.41, 5.74) is 0. The van der Waals surface area contributed by atoms with E-state index in [1.165, 1.54) is 186 Å². The second-order valence-electron chi connectivity index (χ2n) is 29.7. The van der Waals surface area contributed by atoms with Gasteiger partial charge in [0.25, 0.3) is 0 Å². The molecule has 96 heavy (non-hydrogen) atoms. The summed E-state index contributed by atoms with van der Waals surface area (Å²) in [5.74, 6) is 0.884. The first-order valence-corrected chi connectivity index (χ1v) is 42.7. The first-order valence-electron chi connectivity index (χ1n) is 39.7. The molecule has 0 aromatic carbocycles. The Hall–Kier alpha value is -1.94. The third kappa shape index (κ3) is 70.5. The fourth-order valence-corrected chi connectivity index (χ4v) is 13.3. The van der Waals surface area contributed by atoms with Crippen molar-refractivity contribution in [2.45, 2.75) is 408 Å². The Morgan fingerprint density at radius 3 is 0.646 bits per heavy atom. The van der Waals surface area contributed by atoms with Crippen molar-refractivity contribution in [3.8, 4) is 0 Å². The van der Waals surface area contributed by atoms with Gasteiger partial charge in [-0.15, -0.1) is 0 Å². The fraction of sp³-hybridized carbons (Fsp3) is 0.948. The predicted octanol–water partition coefficient (Wildman–Crippen LogP) is 22.4. The van der Waals surface area contributed by atoms with Gasteiger partial charge in [-0.1, -0.05) is 338 Å². The van der Waals surface area contributed by atoms with Gasteiger partial charge in [-0.2, -0.15) is 0 Å². The lowest BCUT2D eigenvalue weighted by molar-refractivity contribution is -0.161. The van der Waals surface area contributed by atoms with Crippen LogP contribution in [-0.4, -0.2) is 96.7 Å². The number of hydrogen-bond donors (Lipinski definition) is 3. The summed E-state index contributed by atoms with van der Waals surface area (Å²) in [6, 6.07) is 0. The van der Waals surface area contributed by atoms with Gasteiger partial charge in [-0.05, 0) is 49.4 Å². The molecule has 0 spiro atoms. The van der Waals surface area contributed by atoms with Crippen molar-refractivity contribution in [1.82, 2.24) is 0 Å². The third-order valence-electron chi connectivity index (χ3n) is 17.8. The van der Waals surface area contributed by atoms with E-state index in [4.69, 9.17) is 37.0 Å². The summed E-state index contributed by atoms with van der Waals surface area (Å²) in [4.78, 5) is 72.8. The van der Waals surface area contributed by atoms with Crippen LogP contribution in [0.2, 0.25) is 0 Å². The van der Waals surface area contributed by atoms with Gasteiger partial charge in [0.2, 0.25) is 0 Å². The fourth-order valence-electron chi connectivity index (χ4n) is 11.7. The molecule has 570 valence electrons. The highest BCUT2D eigenvalue weighted by Gasteiger charge is 2.30. The zero-order chi connectivity index (χ0) is 71.0. The minimum absolute atomic E-state index is 0.104. The summed E-state index contributed by atoms with van der Waals surface area (Å²) in [6.07, 6.45) is 51.6. The molecule has 19 heteroatoms. The minimum atomic E-state index is -4.96. The molecule has 5 atom stereocenters. The molecule has 17 nitrogen and oxygen atoms in total. The van der Waals surface area contributed by atoms with E-state index < -0.39 is 97.5 Å². The van der Waals surface area contributed by atoms with Crippen LogP contribution in [0.15, 0.2) is 0 Å². The Bertz CT molecular complexity index is 1880. The first-order chi connectivity index (χ1) is 46.1. The molecule has 0 aliphatic heterocycles. The van der Waals surface area contributed by atoms with Crippen LogP contribution in [0.4, 0.5) is 0 Å². The van der Waals surface area contributed by atoms with E-state index in [0.29, 0.717) is 31.6 Å². The van der Waals surface area contributed by atoms with Crippen LogP contribution in [0.3, 0.4) is 0 Å². The summed E-state index contributed by atoms with van der Waals surface area (Å²) >= 11 is 0. The summed E-state index contributed by atoms with van der Waals surface area (Å²) in [6.45, 7) is 14.1. The minimum Gasteiger partial charge on any atom is -0.462 e. The van der Waals surface area contributed by atoms with Crippen molar-refractivity contribution in [1.29, 1.82) is 0 Å². The maximum Gasteiger partial charge on any atom is 0.472 e. The van der Waals surface area contributed by atoms with Gasteiger partial charge >= 0.3 is 39.5 Å². The van der Waals surface area contributed by atoms with E-state index in [1.54, 1.807) is 0 Å². The predicted molar refractivity (Wildman–Crippen MR) is 391 cm³/mol. The molecule has 2 unspecified atom stereocenters. The topological polar surface area (TPSA) is 237 Å². The van der Waals surface area contributed by atoms with Crippen LogP contribution in [0, 0.1) is 23.7 Å². The van der Waals surface area contributed by atoms with E-state index in [2.05, 4.69) is 55.4 Å². The number of carbonyl (C=O) groups excluding carboxylic acids is 4. The Balaban J connectivity index is 5.18. The van der Waals surface area contributed by atoms with Crippen molar-refractivity contribution in [2.24, 2.45) is 23.7 Å². The van der Waals surface area contributed by atoms with Gasteiger partial charge in [0.1, 0.15) is 19.3 Å². The maximum absolute atomic E-state index is 13.1. The maximum atomic E-state index is 13.1. The number of unbranched alkanes of at least 4 members (excludes halogenated alkanes) is 40. The number of phosphoric acid groups is 2. The lowest BCUT2D eigenvalue weighted by Gasteiger charge is -2.21. The number of aliphatic hydroxyl groups excluding tert-OH is 1. The molecule has 0 aliphatic carbocycles. The molecule has 0 aromatic rings. The molecular formula is C77H150O17P2. The number of rotatable bonds is 74. The summed E-state index contributed by atoms with van der Waals surface area (Å²) in [7, 11) is -9.91. The number of aliphatic hydroxyl groups is 1. The lowest BCUT2D eigenvalue weighted by atomic mass is 10.0. The molecule has 3 N–H and O–H groups in total. The summed E-state index contributed by atoms with van der Waals surface area (Å²) < 4.78 is 68.5. The van der Waals surface area contributed by atoms with Crippen molar-refractivity contribution in [3.05, 3.63) is 0 Å². The smallest absolute Gasteiger partial charge is 0.462 e. The van der Waals surface area contributed by atoms with Crippen LogP contribution in [0.5, 0.6) is 0 Å². The van der Waals surface area contributed by atoms with Crippen LogP contribution in [-0.2, 0) is 65.4 Å². The Morgan fingerprint density at radius 1 is 0.260 bits per heavy atom. The molecule has 0 rings (SSSR count). The van der Waals surface area contributed by atoms with E-state index in [0.717, 1.165) is 114 Å². The molecule has 0 saturated heterocycles. The van der Waals surface area contributed by atoms with Gasteiger partial charge in [-0.3, -0.25) is 37.3 Å². The van der Waals surface area contributed by atoms with Crippen molar-refractivity contribution in [2.75, 3.05) is 39.6 Å². The summed E-state index contributed by atoms with van der Waals surface area (Å²) in [5, 5.41) is 10.6. The molecule has 0 heterocycles. The average Bonchev–Trinajstić information content (AvgIpc) is 2.00. The normalized spacial score (nSPS) is 14.1. The van der Waals surface area contributed by atoms with Gasteiger partial charge in [0.15, 0.2) is 12.2 Å². The zero-order valence-electron chi connectivity index (χ0n) is 63.0. The third-order valence-corrected chi connectivity index (χ3v) is 19.7. The second kappa shape index (κ2) is 66.3. The van der Waals surface area contributed by atoms with Crippen LogP contribution < -0.4 is 0 Å². The Labute approximate surface area is 588 Å². The molecule has 0 radical (unpaired) electrons. The lowest BCUT2D eigenvalue weighted by Crippen LogP contribution is -2.30. The van der Waals surface area contributed by atoms with Crippen LogP contribution in [0.25, 0.3) is 0 Å². The number of carbonyl (C=O) groups is 4. The Kier molecular flexibility index (Phi) is 65.0. The number of ether oxygens (including phenoxy) is 4. The Morgan fingerprint density at radius 2 is 0.438 bits per heavy atom. The second-order valence-corrected chi connectivity index (χ2v) is 32.6. The van der Waals surface area contributed by atoms with Gasteiger partial charge in [-0.25, -0.2) is 9.13 Å².